The normalized spacial score (nSPS) is 11.3. The predicted molar refractivity (Wildman–Crippen MR) is 291 cm³/mol. The van der Waals surface area contributed by atoms with E-state index in [1.807, 2.05) is 12.1 Å². The van der Waals surface area contributed by atoms with Gasteiger partial charge in [-0.25, -0.2) is 0 Å². The fourth-order valence-corrected chi connectivity index (χ4v) is 9.11. The van der Waals surface area contributed by atoms with E-state index in [0.29, 0.717) is 60.6 Å². The van der Waals surface area contributed by atoms with Crippen LogP contribution >= 0.6 is 0 Å². The third kappa shape index (κ3) is 32.0. The van der Waals surface area contributed by atoms with E-state index in [0.717, 1.165) is 51.4 Å². The number of carbonyl (C=O) groups is 2. The zero-order valence-electron chi connectivity index (χ0n) is 45.0. The summed E-state index contributed by atoms with van der Waals surface area (Å²) in [5.74, 6) is 1.25. The first-order chi connectivity index (χ1) is 33.5. The van der Waals surface area contributed by atoms with Gasteiger partial charge in [0.25, 0.3) is 0 Å². The number of benzene rings is 2. The lowest BCUT2D eigenvalue weighted by atomic mass is 10.0. The Morgan fingerprint density at radius 2 is 0.456 bits per heavy atom. The third-order valence-corrected chi connectivity index (χ3v) is 13.6. The van der Waals surface area contributed by atoms with Gasteiger partial charge >= 0.3 is 0 Å². The Hall–Kier alpha value is -3.02. The van der Waals surface area contributed by atoms with Crippen LogP contribution in [-0.4, -0.2) is 38.0 Å². The molecule has 0 aliphatic rings. The van der Waals surface area contributed by atoms with Crippen LogP contribution in [0.4, 0.5) is 0 Å². The Morgan fingerprint density at radius 1 is 0.265 bits per heavy atom. The van der Waals surface area contributed by atoms with E-state index >= 15 is 0 Å². The molecular formula is C62H106O6. The number of Topliss-reactive ketones (excluding diaryl/α,β-unsaturated/α-hetero) is 2. The maximum absolute atomic E-state index is 13.9. The van der Waals surface area contributed by atoms with E-state index in [9.17, 15) is 9.59 Å². The second-order valence-electron chi connectivity index (χ2n) is 20.1. The summed E-state index contributed by atoms with van der Waals surface area (Å²) in [5, 5.41) is 0. The highest BCUT2D eigenvalue weighted by atomic mass is 16.5. The van der Waals surface area contributed by atoms with Crippen molar-refractivity contribution < 1.29 is 28.5 Å². The largest absolute Gasteiger partial charge is 0.490 e. The van der Waals surface area contributed by atoms with Crippen LogP contribution < -0.4 is 18.9 Å². The Bertz CT molecular complexity index is 1360. The molecule has 0 heterocycles. The van der Waals surface area contributed by atoms with Crippen LogP contribution in [-0.2, 0) is 0 Å². The van der Waals surface area contributed by atoms with E-state index < -0.39 is 11.6 Å². The smallest absolute Gasteiger partial charge is 0.233 e. The average molecular weight is 948 g/mol. The van der Waals surface area contributed by atoms with Crippen LogP contribution in [0, 0.1) is 0 Å². The molecule has 2 aromatic rings. The molecule has 0 spiro atoms. The lowest BCUT2D eigenvalue weighted by molar-refractivity contribution is 0.0816. The van der Waals surface area contributed by atoms with Gasteiger partial charge in [0.15, 0.2) is 23.0 Å². The summed E-state index contributed by atoms with van der Waals surface area (Å²) in [7, 11) is 0. The van der Waals surface area contributed by atoms with Crippen LogP contribution in [0.25, 0.3) is 0 Å². The van der Waals surface area contributed by atoms with Gasteiger partial charge in [0.1, 0.15) is 0 Å². The van der Waals surface area contributed by atoms with Crippen LogP contribution in [0.15, 0.2) is 36.4 Å². The predicted octanol–water partition coefficient (Wildman–Crippen LogP) is 20.0. The van der Waals surface area contributed by atoms with Gasteiger partial charge in [-0.3, -0.25) is 9.59 Å². The van der Waals surface area contributed by atoms with Gasteiger partial charge in [0.2, 0.25) is 11.6 Å². The van der Waals surface area contributed by atoms with Gasteiger partial charge in [0, 0.05) is 11.1 Å². The number of carbonyl (C=O) groups excluding carboxylic acids is 2. The van der Waals surface area contributed by atoms with Crippen LogP contribution in [0.1, 0.15) is 305 Å². The molecule has 0 aliphatic carbocycles. The van der Waals surface area contributed by atoms with Crippen molar-refractivity contribution in [3.8, 4) is 23.0 Å². The highest BCUT2D eigenvalue weighted by Crippen LogP contribution is 2.32. The monoisotopic (exact) mass is 947 g/mol. The molecule has 0 amide bonds. The molecule has 0 aliphatic heterocycles. The molecule has 68 heavy (non-hydrogen) atoms. The lowest BCUT2D eigenvalue weighted by Gasteiger charge is -2.15. The van der Waals surface area contributed by atoms with Crippen molar-refractivity contribution in [2.45, 2.75) is 285 Å². The fourth-order valence-electron chi connectivity index (χ4n) is 9.11. The van der Waals surface area contributed by atoms with Gasteiger partial charge in [-0.15, -0.1) is 0 Å². The van der Waals surface area contributed by atoms with Gasteiger partial charge in [-0.2, -0.15) is 0 Å². The summed E-state index contributed by atoms with van der Waals surface area (Å²) in [6.45, 7) is 11.4. The molecule has 0 aromatic heterocycles. The Balaban J connectivity index is 2.05. The summed E-state index contributed by atoms with van der Waals surface area (Å²) in [6, 6.07) is 10.5. The average Bonchev–Trinajstić information content (AvgIpc) is 3.35. The quantitative estimate of drug-likeness (QED) is 0.0374. The Kier molecular flexibility index (Phi) is 40.6. The van der Waals surface area contributed by atoms with Crippen LogP contribution in [0.5, 0.6) is 23.0 Å². The highest BCUT2D eigenvalue weighted by molar-refractivity contribution is 6.49. The summed E-state index contributed by atoms with van der Waals surface area (Å²) in [5.41, 5.74) is 0.627. The molecule has 6 nitrogen and oxygen atoms in total. The molecule has 0 radical (unpaired) electrons. The molecule has 0 saturated carbocycles. The van der Waals surface area contributed by atoms with Crippen molar-refractivity contribution in [3.05, 3.63) is 47.5 Å². The Morgan fingerprint density at radius 3 is 0.676 bits per heavy atom. The third-order valence-electron chi connectivity index (χ3n) is 13.6. The Labute approximate surface area is 420 Å². The second-order valence-corrected chi connectivity index (χ2v) is 20.1. The molecule has 0 bridgehead atoms. The maximum Gasteiger partial charge on any atom is 0.233 e. The minimum Gasteiger partial charge on any atom is -0.490 e. The number of hydrogen-bond acceptors (Lipinski definition) is 6. The standard InChI is InChI=1S/C62H106O6/c1-5-9-13-17-21-25-29-33-37-41-49-65-57-47-45-55(53-59(57)67-51-43-39-35-31-27-23-19-15-11-7-3)61(63)62(64)56-46-48-58(66-50-42-38-34-30-26-22-18-14-10-6-2)60(54-56)68-52-44-40-36-32-28-24-20-16-12-8-4/h45-48,53-54H,5-44,49-52H2,1-4H3. The van der Waals surface area contributed by atoms with Crippen molar-refractivity contribution in [2.75, 3.05) is 26.4 Å². The molecular weight excluding hydrogens is 841 g/mol. The van der Waals surface area contributed by atoms with Crippen molar-refractivity contribution >= 4 is 11.6 Å². The number of ketones is 2. The topological polar surface area (TPSA) is 71.1 Å². The van der Waals surface area contributed by atoms with E-state index in [1.165, 1.54) is 205 Å². The molecule has 2 rings (SSSR count). The summed E-state index contributed by atoms with van der Waals surface area (Å²) < 4.78 is 25.3. The first-order valence-electron chi connectivity index (χ1n) is 29.4. The minimum absolute atomic E-state index is 0.313. The number of rotatable bonds is 51. The van der Waals surface area contributed by atoms with E-state index in [4.69, 9.17) is 18.9 Å². The molecule has 2 aromatic carbocycles. The molecule has 0 atom stereocenters. The molecule has 390 valence electrons. The summed E-state index contributed by atoms with van der Waals surface area (Å²) in [6.07, 6.45) is 50.4. The SMILES string of the molecule is CCCCCCCCCCCCOc1ccc(C(=O)C(=O)c2ccc(OCCCCCCCCCCCC)c(OCCCCCCCCCCCC)c2)cc1OCCCCCCCCCCCC. The van der Waals surface area contributed by atoms with Gasteiger partial charge in [0.05, 0.1) is 26.4 Å². The zero-order chi connectivity index (χ0) is 48.8. The summed E-state index contributed by atoms with van der Waals surface area (Å²) >= 11 is 0. The molecule has 0 fully saturated rings. The molecule has 0 N–H and O–H groups in total. The van der Waals surface area contributed by atoms with Crippen molar-refractivity contribution in [1.29, 1.82) is 0 Å². The number of ether oxygens (including phenoxy) is 4. The van der Waals surface area contributed by atoms with Gasteiger partial charge in [-0.1, -0.05) is 259 Å². The zero-order valence-corrected chi connectivity index (χ0v) is 45.0. The maximum atomic E-state index is 13.9. The van der Waals surface area contributed by atoms with Gasteiger partial charge in [-0.05, 0) is 62.1 Å². The first-order valence-corrected chi connectivity index (χ1v) is 29.4. The van der Waals surface area contributed by atoms with E-state index in [1.54, 1.807) is 24.3 Å². The van der Waals surface area contributed by atoms with Crippen molar-refractivity contribution in [2.24, 2.45) is 0 Å². The van der Waals surface area contributed by atoms with Crippen LogP contribution in [0.3, 0.4) is 0 Å². The van der Waals surface area contributed by atoms with E-state index in [2.05, 4.69) is 27.7 Å². The van der Waals surface area contributed by atoms with Crippen molar-refractivity contribution in [1.82, 2.24) is 0 Å². The molecule has 0 saturated heterocycles. The van der Waals surface area contributed by atoms with E-state index in [-0.39, 0.29) is 0 Å². The number of unbranched alkanes of at least 4 members (excludes halogenated alkanes) is 36. The molecule has 6 heteroatoms. The minimum atomic E-state index is -0.560. The molecule has 0 unspecified atom stereocenters. The van der Waals surface area contributed by atoms with Gasteiger partial charge < -0.3 is 18.9 Å². The first kappa shape index (κ1) is 61.1. The number of hydrogen-bond donors (Lipinski definition) is 0. The fraction of sp³-hybridized carbons (Fsp3) is 0.774. The second kappa shape index (κ2) is 45.1. The highest BCUT2D eigenvalue weighted by Gasteiger charge is 2.22. The lowest BCUT2D eigenvalue weighted by Crippen LogP contribution is -2.15. The van der Waals surface area contributed by atoms with Crippen LogP contribution in [0.2, 0.25) is 0 Å². The van der Waals surface area contributed by atoms with Crippen molar-refractivity contribution in [3.63, 3.8) is 0 Å². The summed E-state index contributed by atoms with van der Waals surface area (Å²) in [4.78, 5) is 27.9.